The van der Waals surface area contributed by atoms with Gasteiger partial charge in [0.25, 0.3) is 5.91 Å². The van der Waals surface area contributed by atoms with Crippen LogP contribution in [0.25, 0.3) is 0 Å². The molecule has 15 heavy (non-hydrogen) atoms. The van der Waals surface area contributed by atoms with Crippen LogP contribution in [0.1, 0.15) is 22.8 Å². The molecule has 1 amide bonds. The summed E-state index contributed by atoms with van der Waals surface area (Å²) in [6.45, 7) is 5.68. The van der Waals surface area contributed by atoms with Gasteiger partial charge < -0.3 is 0 Å². The second-order valence-electron chi connectivity index (χ2n) is 3.68. The Balaban J connectivity index is 2.66. The van der Waals surface area contributed by atoms with Crippen LogP contribution < -0.4 is 0 Å². The van der Waals surface area contributed by atoms with E-state index in [-0.39, 0.29) is 5.91 Å². The molecule has 0 radical (unpaired) electrons. The van der Waals surface area contributed by atoms with Crippen LogP contribution in [0.5, 0.6) is 0 Å². The van der Waals surface area contributed by atoms with Crippen molar-refractivity contribution < 1.29 is 9.63 Å². The van der Waals surface area contributed by atoms with E-state index < -0.39 is 5.54 Å². The molecule has 1 aromatic carbocycles. The van der Waals surface area contributed by atoms with Gasteiger partial charge in [0.2, 0.25) is 0 Å². The molecule has 1 heterocycles. The fourth-order valence-corrected chi connectivity index (χ4v) is 2.01. The standard InChI is InChI=1S/C12H13NO2/c1-4-12(2)10-8-6-5-7-9(10)11(14)13(12)15-3/h4-8H,1H2,2-3H3/t12-/m0/s1. The molecular formula is C12H13NO2. The van der Waals surface area contributed by atoms with E-state index in [1.165, 1.54) is 12.2 Å². The quantitative estimate of drug-likeness (QED) is 0.689. The van der Waals surface area contributed by atoms with E-state index in [1.807, 2.05) is 25.1 Å². The van der Waals surface area contributed by atoms with E-state index in [1.54, 1.807) is 12.1 Å². The van der Waals surface area contributed by atoms with Crippen LogP contribution in [0, 0.1) is 0 Å². The lowest BCUT2D eigenvalue weighted by Gasteiger charge is -2.30. The number of fused-ring (bicyclic) bond motifs is 1. The van der Waals surface area contributed by atoms with Crippen molar-refractivity contribution in [3.05, 3.63) is 48.0 Å². The Kier molecular flexibility index (Phi) is 2.12. The van der Waals surface area contributed by atoms with Crippen molar-refractivity contribution in [1.82, 2.24) is 5.06 Å². The fraction of sp³-hybridized carbons (Fsp3) is 0.250. The van der Waals surface area contributed by atoms with Gasteiger partial charge in [0.05, 0.1) is 7.11 Å². The lowest BCUT2D eigenvalue weighted by molar-refractivity contribution is -0.138. The molecule has 0 saturated carbocycles. The van der Waals surface area contributed by atoms with Crippen LogP contribution in [-0.2, 0) is 10.4 Å². The Labute approximate surface area is 88.9 Å². The summed E-state index contributed by atoms with van der Waals surface area (Å²) in [6, 6.07) is 7.48. The number of benzene rings is 1. The van der Waals surface area contributed by atoms with Gasteiger partial charge in [-0.2, -0.15) is 0 Å². The molecule has 0 spiro atoms. The number of carbonyl (C=O) groups is 1. The van der Waals surface area contributed by atoms with E-state index in [0.717, 1.165) is 5.56 Å². The molecule has 0 aromatic heterocycles. The van der Waals surface area contributed by atoms with Crippen LogP contribution in [0.4, 0.5) is 0 Å². The maximum atomic E-state index is 12.0. The first kappa shape index (κ1) is 9.93. The molecule has 0 N–H and O–H groups in total. The summed E-state index contributed by atoms with van der Waals surface area (Å²) in [5.74, 6) is -0.115. The molecule has 0 unspecified atom stereocenters. The topological polar surface area (TPSA) is 29.5 Å². The van der Waals surface area contributed by atoms with Crippen molar-refractivity contribution in [2.75, 3.05) is 7.11 Å². The predicted octanol–water partition coefficient (Wildman–Crippen LogP) is 2.10. The zero-order valence-electron chi connectivity index (χ0n) is 8.86. The summed E-state index contributed by atoms with van der Waals surface area (Å²) in [5.41, 5.74) is 1.05. The summed E-state index contributed by atoms with van der Waals surface area (Å²) in [4.78, 5) is 17.1. The fourth-order valence-electron chi connectivity index (χ4n) is 2.01. The third-order valence-corrected chi connectivity index (χ3v) is 2.89. The molecule has 78 valence electrons. The molecule has 3 nitrogen and oxygen atoms in total. The highest BCUT2D eigenvalue weighted by atomic mass is 16.7. The van der Waals surface area contributed by atoms with E-state index in [4.69, 9.17) is 4.84 Å². The van der Waals surface area contributed by atoms with Crippen molar-refractivity contribution in [3.8, 4) is 0 Å². The van der Waals surface area contributed by atoms with Crippen molar-refractivity contribution >= 4 is 5.91 Å². The first-order valence-electron chi connectivity index (χ1n) is 4.77. The molecule has 1 atom stereocenters. The molecule has 2 rings (SSSR count). The predicted molar refractivity (Wildman–Crippen MR) is 57.2 cm³/mol. The van der Waals surface area contributed by atoms with Gasteiger partial charge in [-0.05, 0) is 18.6 Å². The smallest absolute Gasteiger partial charge is 0.273 e. The van der Waals surface area contributed by atoms with Crippen molar-refractivity contribution in [1.29, 1.82) is 0 Å². The van der Waals surface area contributed by atoms with Gasteiger partial charge in [-0.3, -0.25) is 9.63 Å². The lowest BCUT2D eigenvalue weighted by Crippen LogP contribution is -2.38. The third-order valence-electron chi connectivity index (χ3n) is 2.89. The van der Waals surface area contributed by atoms with Crippen molar-refractivity contribution in [3.63, 3.8) is 0 Å². The minimum atomic E-state index is -0.567. The van der Waals surface area contributed by atoms with Crippen molar-refractivity contribution in [2.24, 2.45) is 0 Å². The van der Waals surface area contributed by atoms with Gasteiger partial charge in [0.15, 0.2) is 0 Å². The summed E-state index contributed by atoms with van der Waals surface area (Å²) in [5, 5.41) is 1.35. The van der Waals surface area contributed by atoms with Crippen molar-refractivity contribution in [2.45, 2.75) is 12.5 Å². The summed E-state index contributed by atoms with van der Waals surface area (Å²) in [6.07, 6.45) is 1.72. The zero-order chi connectivity index (χ0) is 11.1. The number of rotatable bonds is 2. The number of hydroxylamine groups is 2. The number of hydrogen-bond donors (Lipinski definition) is 0. The van der Waals surface area contributed by atoms with Gasteiger partial charge in [-0.1, -0.05) is 24.3 Å². The normalized spacial score (nSPS) is 24.1. The SMILES string of the molecule is C=C[C@@]1(C)c2ccccc2C(=O)N1OC. The minimum Gasteiger partial charge on any atom is -0.273 e. The Morgan fingerprint density at radius 2 is 2.13 bits per heavy atom. The zero-order valence-corrected chi connectivity index (χ0v) is 8.86. The van der Waals surface area contributed by atoms with Crippen LogP contribution >= 0.6 is 0 Å². The summed E-state index contributed by atoms with van der Waals surface area (Å²) in [7, 11) is 1.49. The average Bonchev–Trinajstić information content (AvgIpc) is 2.50. The number of nitrogens with zero attached hydrogens (tertiary/aromatic N) is 1. The second kappa shape index (κ2) is 3.21. The van der Waals surface area contributed by atoms with Crippen LogP contribution in [0.3, 0.4) is 0 Å². The third kappa shape index (κ3) is 1.13. The maximum absolute atomic E-state index is 12.0. The van der Waals surface area contributed by atoms with E-state index >= 15 is 0 Å². The van der Waals surface area contributed by atoms with Gasteiger partial charge in [0.1, 0.15) is 5.54 Å². The molecule has 0 bridgehead atoms. The van der Waals surface area contributed by atoms with Gasteiger partial charge >= 0.3 is 0 Å². The maximum Gasteiger partial charge on any atom is 0.278 e. The van der Waals surface area contributed by atoms with Gasteiger partial charge in [0, 0.05) is 5.56 Å². The molecule has 1 aromatic rings. The van der Waals surface area contributed by atoms with Gasteiger partial charge in [-0.25, -0.2) is 5.06 Å². The van der Waals surface area contributed by atoms with Crippen LogP contribution in [-0.4, -0.2) is 18.1 Å². The number of amides is 1. The first-order valence-corrected chi connectivity index (χ1v) is 4.77. The number of carbonyl (C=O) groups excluding carboxylic acids is 1. The van der Waals surface area contributed by atoms with Gasteiger partial charge in [-0.15, -0.1) is 6.58 Å². The second-order valence-corrected chi connectivity index (χ2v) is 3.68. The highest BCUT2D eigenvalue weighted by Gasteiger charge is 2.44. The molecule has 0 saturated heterocycles. The molecular weight excluding hydrogens is 190 g/mol. The first-order chi connectivity index (χ1) is 7.15. The Hall–Kier alpha value is -1.61. The van der Waals surface area contributed by atoms with Crippen LogP contribution in [0.15, 0.2) is 36.9 Å². The Bertz CT molecular complexity index is 427. The Morgan fingerprint density at radius 1 is 1.47 bits per heavy atom. The molecule has 3 heteroatoms. The largest absolute Gasteiger partial charge is 0.278 e. The average molecular weight is 203 g/mol. The molecule has 0 fully saturated rings. The molecule has 0 aliphatic carbocycles. The van der Waals surface area contributed by atoms with E-state index in [2.05, 4.69) is 6.58 Å². The minimum absolute atomic E-state index is 0.115. The monoisotopic (exact) mass is 203 g/mol. The summed E-state index contributed by atoms with van der Waals surface area (Å²) >= 11 is 0. The highest BCUT2D eigenvalue weighted by Crippen LogP contribution is 2.39. The molecule has 1 aliphatic heterocycles. The number of hydrogen-bond acceptors (Lipinski definition) is 2. The molecule has 1 aliphatic rings. The lowest BCUT2D eigenvalue weighted by atomic mass is 9.93. The van der Waals surface area contributed by atoms with E-state index in [0.29, 0.717) is 5.56 Å². The summed E-state index contributed by atoms with van der Waals surface area (Å²) < 4.78 is 0. The highest BCUT2D eigenvalue weighted by molar-refractivity contribution is 5.99. The van der Waals surface area contributed by atoms with E-state index in [9.17, 15) is 4.79 Å². The van der Waals surface area contributed by atoms with Crippen LogP contribution in [0.2, 0.25) is 0 Å². The Morgan fingerprint density at radius 3 is 2.73 bits per heavy atom.